The van der Waals surface area contributed by atoms with Crippen molar-refractivity contribution in [1.29, 1.82) is 0 Å². The second kappa shape index (κ2) is 5.24. The summed E-state index contributed by atoms with van der Waals surface area (Å²) in [4.78, 5) is 2.24. The first-order chi connectivity index (χ1) is 8.04. The van der Waals surface area contributed by atoms with Gasteiger partial charge >= 0.3 is 0 Å². The molecule has 1 fully saturated rings. The van der Waals surface area contributed by atoms with Crippen molar-refractivity contribution in [3.63, 3.8) is 0 Å². The third kappa shape index (κ3) is 2.82. The first-order valence-corrected chi connectivity index (χ1v) is 8.15. The molecule has 1 aliphatic heterocycles. The van der Waals surface area contributed by atoms with Crippen molar-refractivity contribution in [3.05, 3.63) is 16.5 Å². The molecule has 2 rings (SSSR count). The molecule has 1 aromatic heterocycles. The maximum atomic E-state index is 12.3. The van der Waals surface area contributed by atoms with Crippen molar-refractivity contribution in [2.75, 3.05) is 32.7 Å². The van der Waals surface area contributed by atoms with Crippen molar-refractivity contribution >= 4 is 33.0 Å². The van der Waals surface area contributed by atoms with Crippen LogP contribution in [-0.2, 0) is 10.0 Å². The van der Waals surface area contributed by atoms with E-state index in [1.54, 1.807) is 16.4 Å². The first-order valence-electron chi connectivity index (χ1n) is 5.52. The monoisotopic (exact) mass is 294 g/mol. The van der Waals surface area contributed by atoms with Gasteiger partial charge in [0.25, 0.3) is 10.0 Å². The maximum absolute atomic E-state index is 12.3. The number of thiophene rings is 1. The lowest BCUT2D eigenvalue weighted by Gasteiger charge is -2.32. The van der Waals surface area contributed by atoms with Gasteiger partial charge in [-0.25, -0.2) is 8.42 Å². The topological polar surface area (TPSA) is 40.6 Å². The van der Waals surface area contributed by atoms with E-state index in [-0.39, 0.29) is 0 Å². The number of piperazine rings is 1. The zero-order valence-corrected chi connectivity index (χ0v) is 12.0. The molecule has 0 saturated carbocycles. The predicted molar refractivity (Wildman–Crippen MR) is 70.2 cm³/mol. The van der Waals surface area contributed by atoms with E-state index >= 15 is 0 Å². The zero-order valence-electron chi connectivity index (χ0n) is 9.60. The Morgan fingerprint density at radius 3 is 2.41 bits per heavy atom. The molecule has 0 aromatic carbocycles. The Morgan fingerprint density at radius 2 is 1.94 bits per heavy atom. The molecule has 4 nitrogen and oxygen atoms in total. The molecule has 7 heteroatoms. The molecule has 0 spiro atoms. The highest BCUT2D eigenvalue weighted by atomic mass is 35.5. The van der Waals surface area contributed by atoms with Crippen LogP contribution in [0.5, 0.6) is 0 Å². The van der Waals surface area contributed by atoms with Gasteiger partial charge in [0.05, 0.1) is 4.34 Å². The van der Waals surface area contributed by atoms with Gasteiger partial charge in [-0.2, -0.15) is 4.31 Å². The fourth-order valence-electron chi connectivity index (χ4n) is 1.85. The van der Waals surface area contributed by atoms with Crippen LogP contribution >= 0.6 is 22.9 Å². The van der Waals surface area contributed by atoms with Gasteiger partial charge in [-0.05, 0) is 18.7 Å². The van der Waals surface area contributed by atoms with E-state index in [1.807, 2.05) is 0 Å². The largest absolute Gasteiger partial charge is 0.301 e. The van der Waals surface area contributed by atoms with Gasteiger partial charge in [0.15, 0.2) is 0 Å². The van der Waals surface area contributed by atoms with Crippen molar-refractivity contribution in [3.8, 4) is 0 Å². The third-order valence-corrected chi connectivity index (χ3v) is 6.52. The minimum atomic E-state index is -3.33. The first kappa shape index (κ1) is 13.3. The third-order valence-electron chi connectivity index (χ3n) is 2.92. The summed E-state index contributed by atoms with van der Waals surface area (Å²) < 4.78 is 26.9. The summed E-state index contributed by atoms with van der Waals surface area (Å²) >= 11 is 6.90. The molecule has 0 bridgehead atoms. The van der Waals surface area contributed by atoms with E-state index < -0.39 is 10.0 Å². The van der Waals surface area contributed by atoms with E-state index in [4.69, 9.17) is 11.6 Å². The number of hydrogen-bond donors (Lipinski definition) is 0. The van der Waals surface area contributed by atoms with Gasteiger partial charge in [-0.1, -0.05) is 18.5 Å². The molecule has 0 aliphatic carbocycles. The number of hydrogen-bond acceptors (Lipinski definition) is 4. The molecular formula is C10H15ClN2O2S2. The van der Waals surface area contributed by atoms with Crippen LogP contribution in [-0.4, -0.2) is 50.3 Å². The normalized spacial score (nSPS) is 19.6. The molecule has 0 unspecified atom stereocenters. The average molecular weight is 295 g/mol. The predicted octanol–water partition coefficient (Wildman–Crippen LogP) is 1.73. The van der Waals surface area contributed by atoms with Crippen molar-refractivity contribution < 1.29 is 8.42 Å². The van der Waals surface area contributed by atoms with Gasteiger partial charge in [0, 0.05) is 26.2 Å². The number of halogens is 1. The second-order valence-electron chi connectivity index (χ2n) is 3.90. The number of sulfonamides is 1. The lowest BCUT2D eigenvalue weighted by atomic mass is 10.4. The standard InChI is InChI=1S/C10H15ClN2O2S2/c1-2-12-5-7-13(8-6-12)17(14,15)10-4-3-9(11)16-10/h3-4H,2,5-8H2,1H3. The zero-order chi connectivity index (χ0) is 12.5. The van der Waals surface area contributed by atoms with Gasteiger partial charge in [-0.15, -0.1) is 11.3 Å². The molecule has 0 N–H and O–H groups in total. The van der Waals surface area contributed by atoms with E-state index in [9.17, 15) is 8.42 Å². The quantitative estimate of drug-likeness (QED) is 0.852. The summed E-state index contributed by atoms with van der Waals surface area (Å²) in [5.41, 5.74) is 0. The highest BCUT2D eigenvalue weighted by molar-refractivity contribution is 7.91. The lowest BCUT2D eigenvalue weighted by Crippen LogP contribution is -2.48. The van der Waals surface area contributed by atoms with Crippen LogP contribution in [0, 0.1) is 0 Å². The molecule has 0 amide bonds. The molecule has 17 heavy (non-hydrogen) atoms. The average Bonchev–Trinajstić information content (AvgIpc) is 2.77. The lowest BCUT2D eigenvalue weighted by molar-refractivity contribution is 0.196. The molecule has 0 radical (unpaired) electrons. The van der Waals surface area contributed by atoms with Crippen molar-refractivity contribution in [1.82, 2.24) is 9.21 Å². The number of nitrogens with zero attached hydrogens (tertiary/aromatic N) is 2. The van der Waals surface area contributed by atoms with Crippen LogP contribution in [0.4, 0.5) is 0 Å². The van der Waals surface area contributed by atoms with Gasteiger partial charge in [0.2, 0.25) is 0 Å². The Balaban J connectivity index is 2.12. The fourth-order valence-corrected chi connectivity index (χ4v) is 4.91. The summed E-state index contributed by atoms with van der Waals surface area (Å²) in [6.07, 6.45) is 0. The number of likely N-dealkylation sites (N-methyl/N-ethyl adjacent to an activating group) is 1. The summed E-state index contributed by atoms with van der Waals surface area (Å²) in [6, 6.07) is 3.20. The van der Waals surface area contributed by atoms with Crippen LogP contribution in [0.25, 0.3) is 0 Å². The van der Waals surface area contributed by atoms with Crippen molar-refractivity contribution in [2.45, 2.75) is 11.1 Å². The summed E-state index contributed by atoms with van der Waals surface area (Å²) in [6.45, 7) is 5.78. The number of rotatable bonds is 3. The Kier molecular flexibility index (Phi) is 4.10. The summed E-state index contributed by atoms with van der Waals surface area (Å²) in [5.74, 6) is 0. The Bertz CT molecular complexity index is 478. The maximum Gasteiger partial charge on any atom is 0.252 e. The SMILES string of the molecule is CCN1CCN(S(=O)(=O)c2ccc(Cl)s2)CC1. The highest BCUT2D eigenvalue weighted by Gasteiger charge is 2.29. The molecule has 0 atom stereocenters. The van der Waals surface area contributed by atoms with Crippen LogP contribution in [0.15, 0.2) is 16.3 Å². The molecule has 1 saturated heterocycles. The van der Waals surface area contributed by atoms with Crippen LogP contribution in [0.3, 0.4) is 0 Å². The van der Waals surface area contributed by atoms with Crippen LogP contribution in [0.1, 0.15) is 6.92 Å². The molecule has 96 valence electrons. The minimum Gasteiger partial charge on any atom is -0.301 e. The van der Waals surface area contributed by atoms with Gasteiger partial charge in [0.1, 0.15) is 4.21 Å². The van der Waals surface area contributed by atoms with Gasteiger partial charge < -0.3 is 4.90 Å². The van der Waals surface area contributed by atoms with E-state index in [2.05, 4.69) is 11.8 Å². The minimum absolute atomic E-state index is 0.340. The Morgan fingerprint density at radius 1 is 1.29 bits per heavy atom. The Hall–Kier alpha value is -0.140. The fraction of sp³-hybridized carbons (Fsp3) is 0.600. The molecule has 1 aliphatic rings. The van der Waals surface area contributed by atoms with Crippen LogP contribution < -0.4 is 0 Å². The van der Waals surface area contributed by atoms with E-state index in [0.717, 1.165) is 31.0 Å². The second-order valence-corrected chi connectivity index (χ2v) is 7.78. The molecule has 1 aromatic rings. The van der Waals surface area contributed by atoms with E-state index in [1.165, 1.54) is 0 Å². The molecule has 2 heterocycles. The molecular weight excluding hydrogens is 280 g/mol. The van der Waals surface area contributed by atoms with Gasteiger partial charge in [-0.3, -0.25) is 0 Å². The summed E-state index contributed by atoms with van der Waals surface area (Å²) in [5, 5.41) is 0. The Labute approximate surface area is 111 Å². The van der Waals surface area contributed by atoms with Crippen LogP contribution in [0.2, 0.25) is 4.34 Å². The smallest absolute Gasteiger partial charge is 0.252 e. The highest BCUT2D eigenvalue weighted by Crippen LogP contribution is 2.28. The van der Waals surface area contributed by atoms with Crippen molar-refractivity contribution in [2.24, 2.45) is 0 Å². The summed E-state index contributed by atoms with van der Waals surface area (Å²) in [7, 11) is -3.33. The van der Waals surface area contributed by atoms with E-state index in [0.29, 0.717) is 21.6 Å².